The lowest BCUT2D eigenvalue weighted by Crippen LogP contribution is -2.28. The van der Waals surface area contributed by atoms with Crippen molar-refractivity contribution >= 4 is 11.3 Å². The van der Waals surface area contributed by atoms with Crippen LogP contribution in [0.5, 0.6) is 5.19 Å². The predicted molar refractivity (Wildman–Crippen MR) is 46.6 cm³/mol. The van der Waals surface area contributed by atoms with Gasteiger partial charge in [-0.3, -0.25) is 0 Å². The smallest absolute Gasteiger partial charge is 0.273 e. The van der Waals surface area contributed by atoms with Crippen LogP contribution in [-0.4, -0.2) is 23.3 Å². The molecular weight excluding hydrogens is 174 g/mol. The van der Waals surface area contributed by atoms with E-state index in [1.807, 2.05) is 0 Å². The van der Waals surface area contributed by atoms with Crippen LogP contribution in [-0.2, 0) is 0 Å². The number of ether oxygens (including phenoxy) is 1. The van der Waals surface area contributed by atoms with Crippen LogP contribution in [0, 0.1) is 0 Å². The fourth-order valence-corrected chi connectivity index (χ4v) is 2.27. The van der Waals surface area contributed by atoms with Crippen molar-refractivity contribution in [2.75, 3.05) is 7.11 Å². The first-order valence-corrected chi connectivity index (χ1v) is 4.80. The van der Waals surface area contributed by atoms with Gasteiger partial charge in [-0.05, 0) is 12.8 Å². The summed E-state index contributed by atoms with van der Waals surface area (Å²) in [4.78, 5) is 5.20. The zero-order valence-electron chi connectivity index (χ0n) is 6.86. The number of rotatable bonds is 2. The van der Waals surface area contributed by atoms with Crippen LogP contribution in [0.4, 0.5) is 0 Å². The molecule has 0 radical (unpaired) electrons. The van der Waals surface area contributed by atoms with Gasteiger partial charge < -0.3 is 9.84 Å². The van der Waals surface area contributed by atoms with Crippen molar-refractivity contribution in [2.45, 2.75) is 24.9 Å². The quantitative estimate of drug-likeness (QED) is 0.757. The zero-order chi connectivity index (χ0) is 8.55. The molecule has 3 nitrogen and oxygen atoms in total. The number of thiazole rings is 1. The molecule has 1 heterocycles. The summed E-state index contributed by atoms with van der Waals surface area (Å²) in [6, 6.07) is 0. The lowest BCUT2D eigenvalue weighted by atomic mass is 9.81. The Kier molecular flexibility index (Phi) is 2.02. The molecule has 1 fully saturated rings. The zero-order valence-corrected chi connectivity index (χ0v) is 7.67. The Hall–Kier alpha value is -0.610. The van der Waals surface area contributed by atoms with E-state index in [9.17, 15) is 5.11 Å². The first kappa shape index (κ1) is 8.01. The molecule has 1 N–H and O–H groups in total. The lowest BCUT2D eigenvalue weighted by Gasteiger charge is -2.30. The topological polar surface area (TPSA) is 42.4 Å². The fourth-order valence-electron chi connectivity index (χ4n) is 1.35. The summed E-state index contributed by atoms with van der Waals surface area (Å²) < 4.78 is 4.97. The molecule has 1 aliphatic carbocycles. The highest BCUT2D eigenvalue weighted by molar-refractivity contribution is 7.13. The molecule has 0 amide bonds. The van der Waals surface area contributed by atoms with Crippen LogP contribution in [0.3, 0.4) is 0 Å². The van der Waals surface area contributed by atoms with Crippen LogP contribution in [0.2, 0.25) is 0 Å². The predicted octanol–water partition coefficient (Wildman–Crippen LogP) is 1.39. The number of hydrogen-bond donors (Lipinski definition) is 1. The van der Waals surface area contributed by atoms with E-state index < -0.39 is 0 Å². The van der Waals surface area contributed by atoms with Crippen LogP contribution in [0.15, 0.2) is 6.20 Å². The van der Waals surface area contributed by atoms with Crippen molar-refractivity contribution in [1.29, 1.82) is 0 Å². The number of nitrogens with zero attached hydrogens (tertiary/aromatic N) is 1. The maximum Gasteiger partial charge on any atom is 0.273 e. The van der Waals surface area contributed by atoms with Gasteiger partial charge >= 0.3 is 0 Å². The Bertz CT molecular complexity index is 274. The number of aliphatic hydroxyl groups is 1. The summed E-state index contributed by atoms with van der Waals surface area (Å²) in [5.41, 5.74) is 0. The molecule has 0 spiro atoms. The van der Waals surface area contributed by atoms with Crippen LogP contribution in [0.25, 0.3) is 0 Å². The third kappa shape index (κ3) is 1.21. The van der Waals surface area contributed by atoms with Gasteiger partial charge in [-0.25, -0.2) is 4.98 Å². The van der Waals surface area contributed by atoms with Gasteiger partial charge in [-0.1, -0.05) is 11.3 Å². The molecule has 66 valence electrons. The number of aromatic nitrogens is 1. The van der Waals surface area contributed by atoms with Crippen LogP contribution < -0.4 is 4.74 Å². The molecule has 2 atom stereocenters. The van der Waals surface area contributed by atoms with Gasteiger partial charge in [0, 0.05) is 17.0 Å². The first-order valence-electron chi connectivity index (χ1n) is 3.99. The first-order chi connectivity index (χ1) is 5.81. The van der Waals surface area contributed by atoms with E-state index in [2.05, 4.69) is 4.98 Å². The average molecular weight is 185 g/mol. The molecular formula is C8H11NO2S. The van der Waals surface area contributed by atoms with E-state index in [0.717, 1.165) is 17.7 Å². The van der Waals surface area contributed by atoms with E-state index in [1.54, 1.807) is 13.3 Å². The normalized spacial score (nSPS) is 28.2. The van der Waals surface area contributed by atoms with Crippen molar-refractivity contribution in [3.05, 3.63) is 11.1 Å². The Morgan fingerprint density at radius 3 is 2.92 bits per heavy atom. The van der Waals surface area contributed by atoms with Crippen molar-refractivity contribution in [1.82, 2.24) is 4.98 Å². The molecule has 2 unspecified atom stereocenters. The van der Waals surface area contributed by atoms with E-state index in [0.29, 0.717) is 11.1 Å². The van der Waals surface area contributed by atoms with Gasteiger partial charge in [0.15, 0.2) is 0 Å². The molecule has 0 aromatic carbocycles. The minimum Gasteiger partial charge on any atom is -0.473 e. The van der Waals surface area contributed by atoms with E-state index in [-0.39, 0.29) is 6.10 Å². The summed E-state index contributed by atoms with van der Waals surface area (Å²) in [7, 11) is 1.61. The molecule has 12 heavy (non-hydrogen) atoms. The third-order valence-electron chi connectivity index (χ3n) is 2.28. The molecule has 0 aliphatic heterocycles. The highest BCUT2D eigenvalue weighted by Gasteiger charge is 2.31. The summed E-state index contributed by atoms with van der Waals surface area (Å²) in [6.45, 7) is 0. The number of aliphatic hydroxyl groups excluding tert-OH is 1. The van der Waals surface area contributed by atoms with Gasteiger partial charge in [0.2, 0.25) is 0 Å². The maximum absolute atomic E-state index is 9.38. The van der Waals surface area contributed by atoms with Crippen LogP contribution in [0.1, 0.15) is 23.6 Å². The second-order valence-corrected chi connectivity index (χ2v) is 4.01. The van der Waals surface area contributed by atoms with Crippen molar-refractivity contribution in [3.8, 4) is 5.19 Å². The molecule has 2 rings (SSSR count). The SMILES string of the molecule is COc1ncc(C2CCC2O)s1. The molecule has 0 saturated heterocycles. The third-order valence-corrected chi connectivity index (χ3v) is 3.37. The van der Waals surface area contributed by atoms with E-state index >= 15 is 0 Å². The van der Waals surface area contributed by atoms with Crippen LogP contribution >= 0.6 is 11.3 Å². The maximum atomic E-state index is 9.38. The number of methoxy groups -OCH3 is 1. The van der Waals surface area contributed by atoms with Crippen molar-refractivity contribution in [2.24, 2.45) is 0 Å². The minimum absolute atomic E-state index is 0.157. The largest absolute Gasteiger partial charge is 0.473 e. The van der Waals surface area contributed by atoms with E-state index in [1.165, 1.54) is 11.3 Å². The second kappa shape index (κ2) is 3.03. The highest BCUT2D eigenvalue weighted by atomic mass is 32.1. The average Bonchev–Trinajstić information content (AvgIpc) is 2.50. The Morgan fingerprint density at radius 1 is 1.67 bits per heavy atom. The van der Waals surface area contributed by atoms with Gasteiger partial charge in [-0.2, -0.15) is 0 Å². The number of hydrogen-bond acceptors (Lipinski definition) is 4. The monoisotopic (exact) mass is 185 g/mol. The molecule has 4 heteroatoms. The molecule has 1 aromatic rings. The van der Waals surface area contributed by atoms with Crippen molar-refractivity contribution < 1.29 is 9.84 Å². The van der Waals surface area contributed by atoms with Gasteiger partial charge in [0.25, 0.3) is 5.19 Å². The second-order valence-electron chi connectivity index (χ2n) is 2.98. The van der Waals surface area contributed by atoms with Gasteiger partial charge in [0.1, 0.15) is 0 Å². The molecule has 1 saturated carbocycles. The molecule has 1 aliphatic rings. The van der Waals surface area contributed by atoms with Gasteiger partial charge in [0.05, 0.1) is 13.2 Å². The standard InChI is InChI=1S/C8H11NO2S/c1-11-8-9-4-7(12-8)5-2-3-6(5)10/h4-6,10H,2-3H2,1H3. The highest BCUT2D eigenvalue weighted by Crippen LogP contribution is 2.40. The Morgan fingerprint density at radius 2 is 2.50 bits per heavy atom. The van der Waals surface area contributed by atoms with Crippen molar-refractivity contribution in [3.63, 3.8) is 0 Å². The molecule has 1 aromatic heterocycles. The minimum atomic E-state index is -0.157. The lowest BCUT2D eigenvalue weighted by molar-refractivity contribution is 0.0676. The Labute approximate surface area is 75.0 Å². The summed E-state index contributed by atoms with van der Waals surface area (Å²) in [5.74, 6) is 0.311. The van der Waals surface area contributed by atoms with Gasteiger partial charge in [-0.15, -0.1) is 0 Å². The summed E-state index contributed by atoms with van der Waals surface area (Å²) >= 11 is 1.53. The Balaban J connectivity index is 2.12. The summed E-state index contributed by atoms with van der Waals surface area (Å²) in [6.07, 6.45) is 3.64. The molecule has 0 bridgehead atoms. The van der Waals surface area contributed by atoms with E-state index in [4.69, 9.17) is 4.74 Å². The fraction of sp³-hybridized carbons (Fsp3) is 0.625. The summed E-state index contributed by atoms with van der Waals surface area (Å²) in [5, 5.41) is 10.1.